The van der Waals surface area contributed by atoms with Crippen LogP contribution in [0.4, 0.5) is 0 Å². The SMILES string of the molecule is CSCCC(NC(=O)C(CO)NC(=O)C(CCCCN)NC(=O)C1CCCN1)C(=O)O. The van der Waals surface area contributed by atoms with Crippen molar-refractivity contribution >= 4 is 35.5 Å². The van der Waals surface area contributed by atoms with Gasteiger partial charge in [-0.15, -0.1) is 0 Å². The molecule has 0 spiro atoms. The maximum absolute atomic E-state index is 12.8. The van der Waals surface area contributed by atoms with Crippen LogP contribution in [-0.4, -0.2) is 89.8 Å². The second-order valence-electron chi connectivity index (χ2n) is 7.42. The number of carboxylic acids is 1. The Bertz CT molecular complexity index is 602. The van der Waals surface area contributed by atoms with Crippen LogP contribution in [0.3, 0.4) is 0 Å². The summed E-state index contributed by atoms with van der Waals surface area (Å²) in [5.74, 6) is -2.38. The Labute approximate surface area is 186 Å². The molecule has 1 fully saturated rings. The predicted octanol–water partition coefficient (Wildman–Crippen LogP) is -1.85. The number of nitrogens with two attached hydrogens (primary N) is 1. The largest absolute Gasteiger partial charge is 0.480 e. The van der Waals surface area contributed by atoms with Gasteiger partial charge in [0.2, 0.25) is 17.7 Å². The van der Waals surface area contributed by atoms with Gasteiger partial charge in [-0.2, -0.15) is 11.8 Å². The molecular weight excluding hydrogens is 426 g/mol. The molecule has 31 heavy (non-hydrogen) atoms. The van der Waals surface area contributed by atoms with Gasteiger partial charge in [0.15, 0.2) is 0 Å². The Morgan fingerprint density at radius 2 is 1.74 bits per heavy atom. The Morgan fingerprint density at radius 1 is 1.06 bits per heavy atom. The lowest BCUT2D eigenvalue weighted by atomic mass is 10.1. The molecule has 0 aromatic heterocycles. The maximum Gasteiger partial charge on any atom is 0.326 e. The summed E-state index contributed by atoms with van der Waals surface area (Å²) in [4.78, 5) is 49.0. The van der Waals surface area contributed by atoms with Gasteiger partial charge in [0.1, 0.15) is 18.1 Å². The summed E-state index contributed by atoms with van der Waals surface area (Å²) >= 11 is 1.44. The van der Waals surface area contributed by atoms with Crippen molar-refractivity contribution < 1.29 is 29.4 Å². The van der Waals surface area contributed by atoms with Gasteiger partial charge in [-0.1, -0.05) is 0 Å². The molecule has 4 unspecified atom stereocenters. The fourth-order valence-corrected chi connectivity index (χ4v) is 3.65. The van der Waals surface area contributed by atoms with Crippen LogP contribution < -0.4 is 27.0 Å². The number of carbonyl (C=O) groups excluding carboxylic acids is 3. The minimum Gasteiger partial charge on any atom is -0.480 e. The van der Waals surface area contributed by atoms with Crippen LogP contribution in [0.15, 0.2) is 0 Å². The van der Waals surface area contributed by atoms with Gasteiger partial charge in [-0.05, 0) is 63.6 Å². The van der Waals surface area contributed by atoms with Gasteiger partial charge in [-0.25, -0.2) is 4.79 Å². The minimum absolute atomic E-state index is 0.209. The molecule has 0 radical (unpaired) electrons. The third kappa shape index (κ3) is 9.85. The van der Waals surface area contributed by atoms with Crippen LogP contribution in [0.5, 0.6) is 0 Å². The van der Waals surface area contributed by atoms with E-state index in [1.807, 2.05) is 6.26 Å². The van der Waals surface area contributed by atoms with Gasteiger partial charge < -0.3 is 37.2 Å². The summed E-state index contributed by atoms with van der Waals surface area (Å²) in [5.41, 5.74) is 5.51. The second-order valence-corrected chi connectivity index (χ2v) is 8.40. The van der Waals surface area contributed by atoms with Crippen LogP contribution in [0.2, 0.25) is 0 Å². The minimum atomic E-state index is -1.33. The molecule has 0 aromatic carbocycles. The summed E-state index contributed by atoms with van der Waals surface area (Å²) in [6, 6.07) is -3.72. The molecule has 0 saturated carbocycles. The second kappa shape index (κ2) is 15.0. The normalized spacial score (nSPS) is 18.6. The Hall–Kier alpha value is -1.89. The van der Waals surface area contributed by atoms with Crippen molar-refractivity contribution in [2.75, 3.05) is 31.7 Å². The first-order valence-electron chi connectivity index (χ1n) is 10.5. The third-order valence-electron chi connectivity index (χ3n) is 5.00. The van der Waals surface area contributed by atoms with E-state index in [0.29, 0.717) is 38.0 Å². The highest BCUT2D eigenvalue weighted by atomic mass is 32.2. The van der Waals surface area contributed by atoms with E-state index in [9.17, 15) is 29.4 Å². The maximum atomic E-state index is 12.8. The predicted molar refractivity (Wildman–Crippen MR) is 117 cm³/mol. The number of thioether (sulfide) groups is 1. The first-order valence-corrected chi connectivity index (χ1v) is 11.9. The standard InChI is InChI=1S/C19H35N5O6S/c1-31-10-7-14(19(29)30)23-18(28)15(11-25)24-17(27)13(5-2-3-8-20)22-16(26)12-6-4-9-21-12/h12-15,21,25H,2-11,20H2,1H3,(H,22,26)(H,23,28)(H,24,27)(H,29,30). The van der Waals surface area contributed by atoms with E-state index in [4.69, 9.17) is 5.73 Å². The van der Waals surface area contributed by atoms with Crippen LogP contribution >= 0.6 is 11.8 Å². The fourth-order valence-electron chi connectivity index (χ4n) is 3.17. The molecule has 1 saturated heterocycles. The number of amides is 3. The van der Waals surface area contributed by atoms with Crippen molar-refractivity contribution in [3.8, 4) is 0 Å². The van der Waals surface area contributed by atoms with Gasteiger partial charge in [0.05, 0.1) is 12.6 Å². The zero-order valence-electron chi connectivity index (χ0n) is 17.9. The molecule has 3 amide bonds. The van der Waals surface area contributed by atoms with Crippen molar-refractivity contribution in [3.63, 3.8) is 0 Å². The molecule has 4 atom stereocenters. The molecule has 8 N–H and O–H groups in total. The number of carbonyl (C=O) groups is 4. The van der Waals surface area contributed by atoms with E-state index < -0.39 is 42.5 Å². The number of hydrogen-bond donors (Lipinski definition) is 7. The molecular formula is C19H35N5O6S. The molecule has 0 aromatic rings. The average Bonchev–Trinajstić information content (AvgIpc) is 3.28. The van der Waals surface area contributed by atoms with Gasteiger partial charge >= 0.3 is 5.97 Å². The van der Waals surface area contributed by atoms with Crippen LogP contribution in [0.25, 0.3) is 0 Å². The highest BCUT2D eigenvalue weighted by Crippen LogP contribution is 2.08. The number of aliphatic hydroxyl groups excluding tert-OH is 1. The zero-order valence-corrected chi connectivity index (χ0v) is 18.7. The smallest absolute Gasteiger partial charge is 0.326 e. The number of nitrogens with one attached hydrogen (secondary N) is 4. The van der Waals surface area contributed by atoms with Crippen molar-refractivity contribution in [1.29, 1.82) is 0 Å². The lowest BCUT2D eigenvalue weighted by Crippen LogP contribution is -2.58. The monoisotopic (exact) mass is 461 g/mol. The summed E-state index contributed by atoms with van der Waals surface area (Å²) in [6.07, 6.45) is 5.16. The quantitative estimate of drug-likeness (QED) is 0.138. The number of hydrogen-bond acceptors (Lipinski definition) is 8. The highest BCUT2D eigenvalue weighted by Gasteiger charge is 2.30. The molecule has 12 heteroatoms. The van der Waals surface area contributed by atoms with Crippen molar-refractivity contribution in [2.45, 2.75) is 62.7 Å². The van der Waals surface area contributed by atoms with E-state index in [1.54, 1.807) is 0 Å². The average molecular weight is 462 g/mol. The molecule has 11 nitrogen and oxygen atoms in total. The summed E-state index contributed by atoms with van der Waals surface area (Å²) in [6.45, 7) is 0.469. The molecule has 1 rings (SSSR count). The Balaban J connectivity index is 2.75. The molecule has 0 bridgehead atoms. The molecule has 1 aliphatic heterocycles. The topological polar surface area (TPSA) is 183 Å². The number of unbranched alkanes of at least 4 members (excludes halogenated alkanes) is 1. The molecule has 0 aliphatic carbocycles. The summed E-state index contributed by atoms with van der Waals surface area (Å²) < 4.78 is 0. The van der Waals surface area contributed by atoms with Gasteiger partial charge in [0, 0.05) is 0 Å². The van der Waals surface area contributed by atoms with Gasteiger partial charge in [0.25, 0.3) is 0 Å². The van der Waals surface area contributed by atoms with E-state index in [1.165, 1.54) is 11.8 Å². The van der Waals surface area contributed by atoms with Crippen molar-refractivity contribution in [2.24, 2.45) is 5.73 Å². The number of aliphatic carboxylic acids is 1. The molecule has 1 aliphatic rings. The summed E-state index contributed by atoms with van der Waals surface area (Å²) in [5, 5.41) is 29.4. The number of rotatable bonds is 15. The van der Waals surface area contributed by atoms with E-state index >= 15 is 0 Å². The first kappa shape index (κ1) is 27.1. The van der Waals surface area contributed by atoms with E-state index in [2.05, 4.69) is 21.3 Å². The fraction of sp³-hybridized carbons (Fsp3) is 0.789. The third-order valence-corrected chi connectivity index (χ3v) is 5.64. The number of carboxylic acid groups (broad SMARTS) is 1. The van der Waals surface area contributed by atoms with Crippen LogP contribution in [0.1, 0.15) is 38.5 Å². The van der Waals surface area contributed by atoms with Crippen LogP contribution in [-0.2, 0) is 19.2 Å². The van der Waals surface area contributed by atoms with E-state index in [-0.39, 0.29) is 18.4 Å². The van der Waals surface area contributed by atoms with E-state index in [0.717, 1.165) is 13.0 Å². The van der Waals surface area contributed by atoms with Crippen molar-refractivity contribution in [1.82, 2.24) is 21.3 Å². The zero-order chi connectivity index (χ0) is 23.2. The highest BCUT2D eigenvalue weighted by molar-refractivity contribution is 7.98. The summed E-state index contributed by atoms with van der Waals surface area (Å²) in [7, 11) is 0. The number of aliphatic hydroxyl groups is 1. The first-order chi connectivity index (χ1) is 14.8. The van der Waals surface area contributed by atoms with Gasteiger partial charge in [-0.3, -0.25) is 14.4 Å². The lowest BCUT2D eigenvalue weighted by molar-refractivity contribution is -0.142. The van der Waals surface area contributed by atoms with Crippen molar-refractivity contribution in [3.05, 3.63) is 0 Å². The Kier molecular flexibility index (Phi) is 13.1. The Morgan fingerprint density at radius 3 is 2.29 bits per heavy atom. The van der Waals surface area contributed by atoms with Crippen LogP contribution in [0, 0.1) is 0 Å². The molecule has 1 heterocycles. The lowest BCUT2D eigenvalue weighted by Gasteiger charge is -2.24. The molecule has 178 valence electrons.